The van der Waals surface area contributed by atoms with Crippen molar-refractivity contribution in [2.45, 2.75) is 19.8 Å². The van der Waals surface area contributed by atoms with E-state index in [1.807, 2.05) is 24.3 Å². The highest BCUT2D eigenvalue weighted by Crippen LogP contribution is 2.17. The minimum atomic E-state index is -0.441. The quantitative estimate of drug-likeness (QED) is 0.563. The summed E-state index contributed by atoms with van der Waals surface area (Å²) in [5.41, 5.74) is 7.03. The minimum Gasteiger partial charge on any atom is -0.484 e. The molecule has 0 aliphatic rings. The smallest absolute Gasteiger partial charge is 0.276 e. The fourth-order valence-corrected chi connectivity index (χ4v) is 2.15. The SMILES string of the molecule is CC(C)c1ccc(NC(=S)NNC(=O)COc2cccc(F)c2)cc1. The molecule has 0 aliphatic heterocycles. The van der Waals surface area contributed by atoms with E-state index in [9.17, 15) is 9.18 Å². The Balaban J connectivity index is 1.72. The van der Waals surface area contributed by atoms with Crippen molar-refractivity contribution >= 4 is 28.9 Å². The molecule has 0 saturated carbocycles. The van der Waals surface area contributed by atoms with Crippen LogP contribution in [0.5, 0.6) is 5.75 Å². The number of anilines is 1. The highest BCUT2D eigenvalue weighted by molar-refractivity contribution is 7.80. The molecule has 0 atom stereocenters. The van der Waals surface area contributed by atoms with Crippen molar-refractivity contribution in [3.05, 3.63) is 59.9 Å². The zero-order valence-corrected chi connectivity index (χ0v) is 14.8. The van der Waals surface area contributed by atoms with Crippen LogP contribution >= 0.6 is 12.2 Å². The first-order valence-corrected chi connectivity index (χ1v) is 8.19. The minimum absolute atomic E-state index is 0.247. The summed E-state index contributed by atoms with van der Waals surface area (Å²) in [5.74, 6) is -0.133. The second-order valence-corrected chi connectivity index (χ2v) is 6.06. The molecule has 0 radical (unpaired) electrons. The van der Waals surface area contributed by atoms with E-state index >= 15 is 0 Å². The van der Waals surface area contributed by atoms with Gasteiger partial charge in [0.2, 0.25) is 0 Å². The first-order chi connectivity index (χ1) is 11.9. The van der Waals surface area contributed by atoms with Crippen molar-refractivity contribution in [3.63, 3.8) is 0 Å². The summed E-state index contributed by atoms with van der Waals surface area (Å²) >= 11 is 5.11. The number of halogens is 1. The summed E-state index contributed by atoms with van der Waals surface area (Å²) in [6, 6.07) is 13.4. The van der Waals surface area contributed by atoms with E-state index in [4.69, 9.17) is 17.0 Å². The maximum atomic E-state index is 13.0. The van der Waals surface area contributed by atoms with Crippen molar-refractivity contribution in [2.24, 2.45) is 0 Å². The number of rotatable bonds is 5. The van der Waals surface area contributed by atoms with Crippen molar-refractivity contribution in [1.29, 1.82) is 0 Å². The van der Waals surface area contributed by atoms with Gasteiger partial charge in [0, 0.05) is 11.8 Å². The third-order valence-electron chi connectivity index (χ3n) is 3.32. The monoisotopic (exact) mass is 361 g/mol. The molecule has 132 valence electrons. The molecule has 0 aliphatic carbocycles. The topological polar surface area (TPSA) is 62.4 Å². The molecule has 0 heterocycles. The molecule has 0 unspecified atom stereocenters. The molecule has 2 rings (SSSR count). The number of amides is 1. The van der Waals surface area contributed by atoms with E-state index in [-0.39, 0.29) is 17.5 Å². The molecule has 5 nitrogen and oxygen atoms in total. The third-order valence-corrected chi connectivity index (χ3v) is 3.52. The number of hydrogen-bond acceptors (Lipinski definition) is 3. The van der Waals surface area contributed by atoms with Gasteiger partial charge in [0.25, 0.3) is 5.91 Å². The Hall–Kier alpha value is -2.67. The molecule has 0 fully saturated rings. The molecule has 0 saturated heterocycles. The molecule has 7 heteroatoms. The molecule has 2 aromatic rings. The highest BCUT2D eigenvalue weighted by atomic mass is 32.1. The lowest BCUT2D eigenvalue weighted by Gasteiger charge is -2.13. The van der Waals surface area contributed by atoms with Crippen LogP contribution in [0.3, 0.4) is 0 Å². The van der Waals surface area contributed by atoms with E-state index in [1.165, 1.54) is 23.8 Å². The van der Waals surface area contributed by atoms with Crippen molar-refractivity contribution in [2.75, 3.05) is 11.9 Å². The van der Waals surface area contributed by atoms with E-state index in [2.05, 4.69) is 30.0 Å². The average molecular weight is 361 g/mol. The standard InChI is InChI=1S/C18H20FN3O2S/c1-12(2)13-6-8-15(9-7-13)20-18(25)22-21-17(23)11-24-16-5-3-4-14(19)10-16/h3-10,12H,11H2,1-2H3,(H,21,23)(H2,20,22,25). The summed E-state index contributed by atoms with van der Waals surface area (Å²) in [5, 5.41) is 3.21. The molecule has 3 N–H and O–H groups in total. The van der Waals surface area contributed by atoms with Crippen LogP contribution in [0.1, 0.15) is 25.3 Å². The fourth-order valence-electron chi connectivity index (χ4n) is 1.98. The van der Waals surface area contributed by atoms with Gasteiger partial charge >= 0.3 is 0 Å². The Labute approximate surface area is 151 Å². The Morgan fingerprint density at radius 1 is 1.16 bits per heavy atom. The van der Waals surface area contributed by atoms with Gasteiger partial charge in [-0.15, -0.1) is 0 Å². The number of nitrogens with one attached hydrogen (secondary N) is 3. The van der Waals surface area contributed by atoms with E-state index in [1.54, 1.807) is 6.07 Å². The van der Waals surface area contributed by atoms with Gasteiger partial charge in [-0.3, -0.25) is 15.6 Å². The van der Waals surface area contributed by atoms with Gasteiger partial charge in [-0.1, -0.05) is 32.0 Å². The molecule has 0 bridgehead atoms. The summed E-state index contributed by atoms with van der Waals surface area (Å²) in [4.78, 5) is 11.7. The normalized spacial score (nSPS) is 10.2. The largest absolute Gasteiger partial charge is 0.484 e. The number of benzene rings is 2. The number of carbonyl (C=O) groups is 1. The van der Waals surface area contributed by atoms with Gasteiger partial charge in [0.1, 0.15) is 11.6 Å². The fraction of sp³-hybridized carbons (Fsp3) is 0.222. The van der Waals surface area contributed by atoms with E-state index < -0.39 is 11.7 Å². The van der Waals surface area contributed by atoms with Crippen LogP contribution in [-0.2, 0) is 4.79 Å². The molecule has 1 amide bonds. The van der Waals surface area contributed by atoms with Gasteiger partial charge in [-0.05, 0) is 48.0 Å². The Morgan fingerprint density at radius 2 is 1.88 bits per heavy atom. The Morgan fingerprint density at radius 3 is 2.52 bits per heavy atom. The summed E-state index contributed by atoms with van der Waals surface area (Å²) in [7, 11) is 0. The average Bonchev–Trinajstić information content (AvgIpc) is 2.58. The lowest BCUT2D eigenvalue weighted by Crippen LogP contribution is -2.45. The lowest BCUT2D eigenvalue weighted by molar-refractivity contribution is -0.123. The maximum Gasteiger partial charge on any atom is 0.276 e. The Bertz CT molecular complexity index is 735. The molecule has 25 heavy (non-hydrogen) atoms. The number of thiocarbonyl (C=S) groups is 1. The van der Waals surface area contributed by atoms with Gasteiger partial charge in [0.15, 0.2) is 11.7 Å². The summed E-state index contributed by atoms with van der Waals surface area (Å²) in [6.07, 6.45) is 0. The first-order valence-electron chi connectivity index (χ1n) is 7.78. The molecule has 0 spiro atoms. The highest BCUT2D eigenvalue weighted by Gasteiger charge is 2.05. The number of ether oxygens (including phenoxy) is 1. The predicted octanol–water partition coefficient (Wildman–Crippen LogP) is 3.35. The summed E-state index contributed by atoms with van der Waals surface area (Å²) in [6.45, 7) is 3.98. The second kappa shape index (κ2) is 8.98. The number of hydrogen-bond donors (Lipinski definition) is 3. The second-order valence-electron chi connectivity index (χ2n) is 5.65. The van der Waals surface area contributed by atoms with Crippen molar-refractivity contribution in [3.8, 4) is 5.75 Å². The summed E-state index contributed by atoms with van der Waals surface area (Å²) < 4.78 is 18.2. The van der Waals surface area contributed by atoms with Crippen LogP contribution in [0.25, 0.3) is 0 Å². The van der Waals surface area contributed by atoms with Crippen LogP contribution in [-0.4, -0.2) is 17.6 Å². The predicted molar refractivity (Wildman–Crippen MR) is 99.9 cm³/mol. The van der Waals surface area contributed by atoms with Gasteiger partial charge < -0.3 is 10.1 Å². The van der Waals surface area contributed by atoms with E-state index in [0.717, 1.165) is 5.69 Å². The van der Waals surface area contributed by atoms with Crippen molar-refractivity contribution in [1.82, 2.24) is 10.9 Å². The lowest BCUT2D eigenvalue weighted by atomic mass is 10.0. The zero-order valence-electron chi connectivity index (χ0n) is 14.0. The van der Waals surface area contributed by atoms with Crippen LogP contribution < -0.4 is 20.9 Å². The zero-order chi connectivity index (χ0) is 18.2. The molecular weight excluding hydrogens is 341 g/mol. The van der Waals surface area contributed by atoms with Gasteiger partial charge in [-0.2, -0.15) is 0 Å². The number of carbonyl (C=O) groups excluding carboxylic acids is 1. The van der Waals surface area contributed by atoms with E-state index in [0.29, 0.717) is 5.92 Å². The molecule has 0 aromatic heterocycles. The third kappa shape index (κ3) is 6.39. The van der Waals surface area contributed by atoms with Crippen molar-refractivity contribution < 1.29 is 13.9 Å². The number of hydrazine groups is 1. The van der Waals surface area contributed by atoms with Crippen LogP contribution in [0.4, 0.5) is 10.1 Å². The van der Waals surface area contributed by atoms with Crippen LogP contribution in [0, 0.1) is 5.82 Å². The van der Waals surface area contributed by atoms with Gasteiger partial charge in [-0.25, -0.2) is 4.39 Å². The maximum absolute atomic E-state index is 13.0. The molecule has 2 aromatic carbocycles. The van der Waals surface area contributed by atoms with Crippen LogP contribution in [0.2, 0.25) is 0 Å². The van der Waals surface area contributed by atoms with Crippen LogP contribution in [0.15, 0.2) is 48.5 Å². The molecular formula is C18H20FN3O2S. The first kappa shape index (κ1) is 18.7. The van der Waals surface area contributed by atoms with Gasteiger partial charge in [0.05, 0.1) is 0 Å². The Kier molecular flexibility index (Phi) is 6.71.